The van der Waals surface area contributed by atoms with Gasteiger partial charge in [0, 0.05) is 62.3 Å². The summed E-state index contributed by atoms with van der Waals surface area (Å²) in [5.41, 5.74) is 3.31. The van der Waals surface area contributed by atoms with Crippen LogP contribution in [0.4, 0.5) is 21.6 Å². The van der Waals surface area contributed by atoms with Crippen LogP contribution >= 0.6 is 0 Å². The number of amides is 1. The summed E-state index contributed by atoms with van der Waals surface area (Å²) in [6.45, 7) is 7.95. The lowest BCUT2D eigenvalue weighted by Gasteiger charge is -2.43. The first kappa shape index (κ1) is 30.7. The van der Waals surface area contributed by atoms with Gasteiger partial charge in [0.15, 0.2) is 12.0 Å². The molecule has 0 radical (unpaired) electrons. The topological polar surface area (TPSA) is 132 Å². The molecular weight excluding hydrogens is 601 g/mol. The van der Waals surface area contributed by atoms with Gasteiger partial charge in [-0.05, 0) is 55.5 Å². The van der Waals surface area contributed by atoms with Gasteiger partial charge >= 0.3 is 0 Å². The van der Waals surface area contributed by atoms with Crippen LogP contribution in [0.3, 0.4) is 0 Å². The number of alkyl halides is 1. The molecule has 47 heavy (non-hydrogen) atoms. The molecule has 12 nitrogen and oxygen atoms in total. The minimum absolute atomic E-state index is 0.106. The lowest BCUT2D eigenvalue weighted by atomic mass is 10.0. The van der Waals surface area contributed by atoms with Gasteiger partial charge in [-0.25, -0.2) is 19.4 Å². The fourth-order valence-corrected chi connectivity index (χ4v) is 6.23. The molecule has 1 amide bonds. The van der Waals surface area contributed by atoms with E-state index in [4.69, 9.17) is 9.47 Å². The van der Waals surface area contributed by atoms with Crippen LogP contribution in [0.15, 0.2) is 64.7 Å². The van der Waals surface area contributed by atoms with E-state index in [1.165, 1.54) is 10.6 Å². The number of hydrogen-bond donors (Lipinski definition) is 1. The van der Waals surface area contributed by atoms with Crippen LogP contribution in [0.1, 0.15) is 18.9 Å². The van der Waals surface area contributed by atoms with Gasteiger partial charge in [-0.2, -0.15) is 5.26 Å². The number of hydrogen-bond acceptors (Lipinski definition) is 11. The van der Waals surface area contributed by atoms with Gasteiger partial charge in [0.2, 0.25) is 0 Å². The summed E-state index contributed by atoms with van der Waals surface area (Å²) >= 11 is 0. The second kappa shape index (κ2) is 13.4. The summed E-state index contributed by atoms with van der Waals surface area (Å²) in [6, 6.07) is 17.9. The number of likely N-dealkylation sites (tertiary alicyclic amines) is 1. The molecule has 242 valence electrons. The van der Waals surface area contributed by atoms with Gasteiger partial charge in [0.25, 0.3) is 5.91 Å². The third-order valence-electron chi connectivity index (χ3n) is 9.02. The highest BCUT2D eigenvalue weighted by molar-refractivity contribution is 6.42. The van der Waals surface area contributed by atoms with E-state index in [0.717, 1.165) is 45.1 Å². The van der Waals surface area contributed by atoms with E-state index >= 15 is 4.39 Å². The Labute approximate surface area is 272 Å². The third-order valence-corrected chi connectivity index (χ3v) is 9.02. The number of rotatable bonds is 8. The van der Waals surface area contributed by atoms with Crippen molar-refractivity contribution in [2.75, 3.05) is 69.2 Å². The van der Waals surface area contributed by atoms with Crippen LogP contribution in [-0.2, 0) is 9.53 Å². The van der Waals surface area contributed by atoms with E-state index in [2.05, 4.69) is 53.3 Å². The van der Waals surface area contributed by atoms with Gasteiger partial charge in [-0.1, -0.05) is 0 Å². The summed E-state index contributed by atoms with van der Waals surface area (Å²) in [4.78, 5) is 36.4. The van der Waals surface area contributed by atoms with Gasteiger partial charge in [0.05, 0.1) is 37.9 Å². The number of benzene rings is 2. The van der Waals surface area contributed by atoms with Crippen molar-refractivity contribution in [3.05, 3.63) is 60.3 Å². The number of nitrogens with zero attached hydrogens (tertiary/aromatic N) is 8. The Morgan fingerprint density at radius 3 is 2.57 bits per heavy atom. The molecule has 5 heterocycles. The third kappa shape index (κ3) is 6.79. The number of ether oxygens (including phenoxy) is 2. The second-order valence-electron chi connectivity index (χ2n) is 12.1. The Morgan fingerprint density at radius 1 is 1.09 bits per heavy atom. The van der Waals surface area contributed by atoms with Crippen LogP contribution in [0.5, 0.6) is 5.75 Å². The Kier molecular flexibility index (Phi) is 8.78. The van der Waals surface area contributed by atoms with Crippen LogP contribution in [0.25, 0.3) is 11.4 Å². The number of nitriles is 1. The molecule has 4 aliphatic heterocycles. The molecule has 0 unspecified atom stereocenters. The zero-order valence-corrected chi connectivity index (χ0v) is 26.2. The number of aliphatic imine (C=N–C) groups is 2. The fourth-order valence-electron chi connectivity index (χ4n) is 6.23. The van der Waals surface area contributed by atoms with E-state index in [-0.39, 0.29) is 36.7 Å². The Balaban J connectivity index is 0.960. The van der Waals surface area contributed by atoms with E-state index < -0.39 is 12.3 Å². The molecule has 0 aliphatic carbocycles. The maximum Gasteiger partial charge on any atom is 0.270 e. The van der Waals surface area contributed by atoms with Crippen molar-refractivity contribution in [1.29, 1.82) is 5.26 Å². The Hall–Kier alpha value is -4.93. The first-order valence-corrected chi connectivity index (χ1v) is 15.9. The molecule has 1 aromatic heterocycles. The zero-order chi connectivity index (χ0) is 32.3. The molecule has 3 saturated heterocycles. The van der Waals surface area contributed by atoms with Gasteiger partial charge in [-0.15, -0.1) is 0 Å². The van der Waals surface area contributed by atoms with Crippen molar-refractivity contribution in [1.82, 2.24) is 19.8 Å². The van der Waals surface area contributed by atoms with Crippen molar-refractivity contribution in [3.63, 3.8) is 0 Å². The molecule has 2 aromatic carbocycles. The second-order valence-corrected chi connectivity index (χ2v) is 12.1. The average Bonchev–Trinajstić information content (AvgIpc) is 3.51. The molecule has 1 N–H and O–H groups in total. The molecule has 0 spiro atoms. The molecule has 4 aliphatic rings. The SMILES string of the molecule is CC1=NCC(C(=O)N2CC[C@H](Oc3ccc(-c4nccc(Nc5ccc(N6CCN(C7COC7)CC6)cc5)n4)cc3C#N)[C@H](F)C2)=N1. The van der Waals surface area contributed by atoms with E-state index in [1.807, 2.05) is 12.1 Å². The largest absolute Gasteiger partial charge is 0.486 e. The quantitative estimate of drug-likeness (QED) is 0.395. The molecule has 13 heteroatoms. The predicted molar refractivity (Wildman–Crippen MR) is 176 cm³/mol. The number of piperidine rings is 1. The van der Waals surface area contributed by atoms with E-state index in [0.29, 0.717) is 41.3 Å². The Bertz CT molecular complexity index is 1730. The van der Waals surface area contributed by atoms with Crippen LogP contribution in [0.2, 0.25) is 0 Å². The summed E-state index contributed by atoms with van der Waals surface area (Å²) < 4.78 is 26.5. The summed E-state index contributed by atoms with van der Waals surface area (Å²) in [5.74, 6) is 1.58. The molecule has 7 rings (SSSR count). The minimum atomic E-state index is -1.42. The lowest BCUT2D eigenvalue weighted by Crippen LogP contribution is -2.56. The number of nitrogens with one attached hydrogen (secondary N) is 1. The number of halogens is 1. The zero-order valence-electron chi connectivity index (χ0n) is 26.2. The molecular formula is C34H36FN9O3. The van der Waals surface area contributed by atoms with Crippen LogP contribution < -0.4 is 15.0 Å². The highest BCUT2D eigenvalue weighted by Crippen LogP contribution is 2.29. The molecule has 3 aromatic rings. The normalized spacial score (nSPS) is 21.8. The monoisotopic (exact) mass is 637 g/mol. The van der Waals surface area contributed by atoms with Gasteiger partial charge < -0.3 is 24.6 Å². The van der Waals surface area contributed by atoms with E-state index in [9.17, 15) is 10.1 Å². The Morgan fingerprint density at radius 2 is 1.89 bits per heavy atom. The standard InChI is InChI=1S/C34H36FN9O3/c1-22-38-18-29(39-22)34(45)44-11-9-31(28(35)19-44)47-30-7-2-23(16-24(30)17-36)33-37-10-8-32(41-33)40-25-3-5-26(6-4-25)42-12-14-43(15-13-42)27-20-46-21-27/h2-8,10,16,27-28,31H,9,11-15,18-21H2,1H3,(H,37,40,41)/t28-,31+/m1/s1. The van der Waals surface area contributed by atoms with Crippen molar-refractivity contribution < 1.29 is 18.7 Å². The maximum atomic E-state index is 15.2. The van der Waals surface area contributed by atoms with Crippen molar-refractivity contribution in [2.45, 2.75) is 31.7 Å². The molecule has 3 fully saturated rings. The van der Waals surface area contributed by atoms with Crippen molar-refractivity contribution >= 4 is 34.6 Å². The number of aromatic nitrogens is 2. The molecule has 0 bridgehead atoms. The van der Waals surface area contributed by atoms with Crippen molar-refractivity contribution in [2.24, 2.45) is 9.98 Å². The minimum Gasteiger partial charge on any atom is -0.486 e. The highest BCUT2D eigenvalue weighted by atomic mass is 19.1. The number of carbonyl (C=O) groups is 1. The average molecular weight is 638 g/mol. The predicted octanol–water partition coefficient (Wildman–Crippen LogP) is 3.47. The van der Waals surface area contributed by atoms with E-state index in [1.54, 1.807) is 37.4 Å². The van der Waals surface area contributed by atoms with Crippen LogP contribution in [0, 0.1) is 11.3 Å². The number of anilines is 3. The maximum absolute atomic E-state index is 15.2. The fraction of sp³-hybridized carbons (Fsp3) is 0.412. The van der Waals surface area contributed by atoms with Crippen molar-refractivity contribution in [3.8, 4) is 23.2 Å². The first-order chi connectivity index (χ1) is 22.9. The number of piperazine rings is 1. The number of amidine groups is 1. The van der Waals surface area contributed by atoms with Gasteiger partial charge in [-0.3, -0.25) is 14.7 Å². The van der Waals surface area contributed by atoms with Gasteiger partial charge in [0.1, 0.15) is 35.3 Å². The summed E-state index contributed by atoms with van der Waals surface area (Å²) in [6.07, 6.45) is -0.254. The first-order valence-electron chi connectivity index (χ1n) is 15.9. The molecule has 2 atom stereocenters. The van der Waals surface area contributed by atoms with Crippen LogP contribution in [-0.4, -0.2) is 115 Å². The summed E-state index contributed by atoms with van der Waals surface area (Å²) in [7, 11) is 0. The lowest BCUT2D eigenvalue weighted by molar-refractivity contribution is -0.127. The molecule has 0 saturated carbocycles. The number of carbonyl (C=O) groups excluding carboxylic acids is 1. The highest BCUT2D eigenvalue weighted by Gasteiger charge is 2.35. The smallest absolute Gasteiger partial charge is 0.270 e. The summed E-state index contributed by atoms with van der Waals surface area (Å²) in [5, 5.41) is 13.2.